The molecule has 2 heteroatoms. The summed E-state index contributed by atoms with van der Waals surface area (Å²) in [4.78, 5) is 4.53. The van der Waals surface area contributed by atoms with E-state index in [1.165, 1.54) is 16.3 Å². The molecule has 0 aliphatic rings. The van der Waals surface area contributed by atoms with Crippen LogP contribution in [0.3, 0.4) is 0 Å². The Morgan fingerprint density at radius 3 is 2.53 bits per heavy atom. The van der Waals surface area contributed by atoms with Gasteiger partial charge in [0.2, 0.25) is 0 Å². The summed E-state index contributed by atoms with van der Waals surface area (Å²) in [5.41, 5.74) is 3.55. The zero-order chi connectivity index (χ0) is 13.1. The minimum absolute atomic E-state index is 0.866. The average molecular weight is 248 g/mol. The molecule has 2 nitrogen and oxygen atoms in total. The van der Waals surface area contributed by atoms with Crippen LogP contribution in [0.4, 0.5) is 5.69 Å². The predicted octanol–water partition coefficient (Wildman–Crippen LogP) is 3.87. The molecule has 1 aromatic heterocycles. The molecule has 3 aromatic rings. The van der Waals surface area contributed by atoms with Gasteiger partial charge in [0.15, 0.2) is 0 Å². The average Bonchev–Trinajstić information content (AvgIpc) is 2.48. The Kier molecular flexibility index (Phi) is 3.15. The summed E-state index contributed by atoms with van der Waals surface area (Å²) in [5.74, 6) is 0. The molecule has 0 aliphatic heterocycles. The van der Waals surface area contributed by atoms with Crippen LogP contribution in [-0.4, -0.2) is 12.0 Å². The third kappa shape index (κ3) is 2.43. The zero-order valence-corrected chi connectivity index (χ0v) is 10.9. The molecule has 0 saturated heterocycles. The van der Waals surface area contributed by atoms with Crippen LogP contribution in [0.1, 0.15) is 11.3 Å². The molecule has 1 heterocycles. The molecule has 0 amide bonds. The van der Waals surface area contributed by atoms with Gasteiger partial charge in [-0.2, -0.15) is 0 Å². The Balaban J connectivity index is 1.96. The van der Waals surface area contributed by atoms with Gasteiger partial charge >= 0.3 is 0 Å². The number of pyridine rings is 1. The number of rotatable bonds is 3. The van der Waals surface area contributed by atoms with E-state index in [0.717, 1.165) is 17.8 Å². The molecule has 2 aromatic carbocycles. The largest absolute Gasteiger partial charge is 0.388 e. The van der Waals surface area contributed by atoms with Crippen LogP contribution in [0.5, 0.6) is 0 Å². The second-order valence-electron chi connectivity index (χ2n) is 4.60. The van der Waals surface area contributed by atoms with Crippen molar-refractivity contribution >= 4 is 16.5 Å². The number of benzene rings is 2. The monoisotopic (exact) mass is 248 g/mol. The number of nitrogens with one attached hydrogen (secondary N) is 1. The zero-order valence-electron chi connectivity index (χ0n) is 10.9. The highest BCUT2D eigenvalue weighted by molar-refractivity contribution is 5.84. The number of fused-ring (bicyclic) bond motifs is 1. The highest BCUT2D eigenvalue weighted by Crippen LogP contribution is 2.19. The van der Waals surface area contributed by atoms with Gasteiger partial charge in [0.25, 0.3) is 0 Å². The molecule has 94 valence electrons. The van der Waals surface area contributed by atoms with E-state index in [0.29, 0.717) is 0 Å². The Bertz CT molecular complexity index is 682. The molecule has 0 radical (unpaired) electrons. The fourth-order valence-electron chi connectivity index (χ4n) is 2.31. The third-order valence-corrected chi connectivity index (χ3v) is 3.37. The highest BCUT2D eigenvalue weighted by atomic mass is 14.8. The van der Waals surface area contributed by atoms with Crippen molar-refractivity contribution in [2.75, 3.05) is 12.4 Å². The lowest BCUT2D eigenvalue weighted by Crippen LogP contribution is -1.94. The summed E-state index contributed by atoms with van der Waals surface area (Å²) in [5, 5.41) is 5.62. The summed E-state index contributed by atoms with van der Waals surface area (Å²) >= 11 is 0. The van der Waals surface area contributed by atoms with E-state index in [2.05, 4.69) is 64.9 Å². The Hall–Kier alpha value is -2.35. The maximum absolute atomic E-state index is 4.53. The van der Waals surface area contributed by atoms with Crippen LogP contribution < -0.4 is 5.32 Å². The van der Waals surface area contributed by atoms with E-state index in [9.17, 15) is 0 Å². The lowest BCUT2D eigenvalue weighted by Gasteiger charge is -2.06. The van der Waals surface area contributed by atoms with Crippen molar-refractivity contribution in [3.05, 3.63) is 72.1 Å². The van der Waals surface area contributed by atoms with Crippen molar-refractivity contribution in [1.82, 2.24) is 4.98 Å². The van der Waals surface area contributed by atoms with Gasteiger partial charge in [-0.1, -0.05) is 36.4 Å². The smallest absolute Gasteiger partial charge is 0.0525 e. The van der Waals surface area contributed by atoms with E-state index >= 15 is 0 Å². The minimum Gasteiger partial charge on any atom is -0.388 e. The SMILES string of the molecule is CNc1ccc(Cc2nccc3ccccc23)cc1. The van der Waals surface area contributed by atoms with Gasteiger partial charge in [0.1, 0.15) is 0 Å². The molecule has 0 aliphatic carbocycles. The van der Waals surface area contributed by atoms with Crippen molar-refractivity contribution in [3.63, 3.8) is 0 Å². The first kappa shape index (κ1) is 11.7. The van der Waals surface area contributed by atoms with Gasteiger partial charge in [0, 0.05) is 30.7 Å². The van der Waals surface area contributed by atoms with Gasteiger partial charge in [-0.15, -0.1) is 0 Å². The van der Waals surface area contributed by atoms with E-state index < -0.39 is 0 Å². The summed E-state index contributed by atoms with van der Waals surface area (Å²) in [6.07, 6.45) is 2.75. The number of aromatic nitrogens is 1. The molecule has 0 saturated carbocycles. The predicted molar refractivity (Wildman–Crippen MR) is 80.5 cm³/mol. The van der Waals surface area contributed by atoms with E-state index in [1.54, 1.807) is 0 Å². The number of nitrogens with zero attached hydrogens (tertiary/aromatic N) is 1. The van der Waals surface area contributed by atoms with Gasteiger partial charge in [-0.25, -0.2) is 0 Å². The maximum Gasteiger partial charge on any atom is 0.0525 e. The number of anilines is 1. The summed E-state index contributed by atoms with van der Waals surface area (Å²) in [7, 11) is 1.93. The number of hydrogen-bond donors (Lipinski definition) is 1. The topological polar surface area (TPSA) is 24.9 Å². The maximum atomic E-state index is 4.53. The molecule has 19 heavy (non-hydrogen) atoms. The summed E-state index contributed by atoms with van der Waals surface area (Å²) in [6.45, 7) is 0. The first-order valence-electron chi connectivity index (χ1n) is 6.46. The first-order valence-corrected chi connectivity index (χ1v) is 6.46. The second-order valence-corrected chi connectivity index (χ2v) is 4.60. The molecule has 3 rings (SSSR count). The molecule has 0 spiro atoms. The summed E-state index contributed by atoms with van der Waals surface area (Å²) < 4.78 is 0. The van der Waals surface area contributed by atoms with Gasteiger partial charge in [0.05, 0.1) is 5.69 Å². The highest BCUT2D eigenvalue weighted by Gasteiger charge is 2.03. The molecule has 0 bridgehead atoms. The summed E-state index contributed by atoms with van der Waals surface area (Å²) in [6, 6.07) is 18.9. The van der Waals surface area contributed by atoms with Crippen LogP contribution in [-0.2, 0) is 6.42 Å². The van der Waals surface area contributed by atoms with E-state index in [-0.39, 0.29) is 0 Å². The van der Waals surface area contributed by atoms with Gasteiger partial charge < -0.3 is 5.32 Å². The molecule has 1 N–H and O–H groups in total. The van der Waals surface area contributed by atoms with Crippen molar-refractivity contribution in [1.29, 1.82) is 0 Å². The van der Waals surface area contributed by atoms with Crippen molar-refractivity contribution < 1.29 is 0 Å². The fraction of sp³-hybridized carbons (Fsp3) is 0.118. The first-order chi connectivity index (χ1) is 9.36. The van der Waals surface area contributed by atoms with Crippen molar-refractivity contribution in [2.45, 2.75) is 6.42 Å². The van der Waals surface area contributed by atoms with Crippen LogP contribution in [0, 0.1) is 0 Å². The van der Waals surface area contributed by atoms with E-state index in [4.69, 9.17) is 0 Å². The quantitative estimate of drug-likeness (QED) is 0.761. The fourth-order valence-corrected chi connectivity index (χ4v) is 2.31. The number of hydrogen-bond acceptors (Lipinski definition) is 2. The minimum atomic E-state index is 0.866. The lowest BCUT2D eigenvalue weighted by molar-refractivity contribution is 1.10. The third-order valence-electron chi connectivity index (χ3n) is 3.37. The van der Waals surface area contributed by atoms with Crippen molar-refractivity contribution in [2.24, 2.45) is 0 Å². The normalized spacial score (nSPS) is 10.6. The standard InChI is InChI=1S/C17H16N2/c1-18-15-8-6-13(7-9-15)12-17-16-5-3-2-4-14(16)10-11-19-17/h2-11,18H,12H2,1H3. The van der Waals surface area contributed by atoms with Gasteiger partial charge in [-0.05, 0) is 29.1 Å². The second kappa shape index (κ2) is 5.11. The van der Waals surface area contributed by atoms with Crippen LogP contribution in [0.25, 0.3) is 10.8 Å². The molecule has 0 unspecified atom stereocenters. The van der Waals surface area contributed by atoms with Crippen LogP contribution >= 0.6 is 0 Å². The van der Waals surface area contributed by atoms with Crippen LogP contribution in [0.15, 0.2) is 60.8 Å². The molecule has 0 fully saturated rings. The Morgan fingerprint density at radius 2 is 1.74 bits per heavy atom. The Labute approximate surface area is 113 Å². The van der Waals surface area contributed by atoms with E-state index in [1.807, 2.05) is 13.2 Å². The molecule has 0 atom stereocenters. The molecular formula is C17H16N2. The molecular weight excluding hydrogens is 232 g/mol. The van der Waals surface area contributed by atoms with Gasteiger partial charge in [-0.3, -0.25) is 4.98 Å². The van der Waals surface area contributed by atoms with Crippen LogP contribution in [0.2, 0.25) is 0 Å². The lowest BCUT2D eigenvalue weighted by atomic mass is 10.0. The van der Waals surface area contributed by atoms with Crippen molar-refractivity contribution in [3.8, 4) is 0 Å². The Morgan fingerprint density at radius 1 is 0.947 bits per heavy atom.